The first-order valence-corrected chi connectivity index (χ1v) is 8.26. The van der Waals surface area contributed by atoms with E-state index in [0.29, 0.717) is 30.3 Å². The molecule has 26 heavy (non-hydrogen) atoms. The van der Waals surface area contributed by atoms with Crippen LogP contribution in [0.15, 0.2) is 48.5 Å². The van der Waals surface area contributed by atoms with Crippen molar-refractivity contribution in [2.24, 2.45) is 0 Å². The lowest BCUT2D eigenvalue weighted by Crippen LogP contribution is -2.11. The Balaban J connectivity index is 2.21. The van der Waals surface area contributed by atoms with E-state index in [4.69, 9.17) is 14.6 Å². The van der Waals surface area contributed by atoms with Crippen LogP contribution in [0.25, 0.3) is 6.08 Å². The molecule has 136 valence electrons. The summed E-state index contributed by atoms with van der Waals surface area (Å²) in [5.74, 6) is -0.379. The molecule has 6 nitrogen and oxygen atoms in total. The lowest BCUT2D eigenvalue weighted by atomic mass is 10.1. The van der Waals surface area contributed by atoms with Gasteiger partial charge in [0.1, 0.15) is 0 Å². The molecule has 0 aliphatic rings. The Labute approximate surface area is 152 Å². The van der Waals surface area contributed by atoms with Gasteiger partial charge in [-0.15, -0.1) is 0 Å². The number of amides is 1. The average molecular weight is 355 g/mol. The van der Waals surface area contributed by atoms with E-state index in [9.17, 15) is 9.59 Å². The summed E-state index contributed by atoms with van der Waals surface area (Å²) in [5.41, 5.74) is 0.963. The molecule has 0 unspecified atom stereocenters. The van der Waals surface area contributed by atoms with Crippen molar-refractivity contribution in [3.05, 3.63) is 59.7 Å². The number of carbonyl (C=O) groups is 2. The Bertz CT molecular complexity index is 814. The fourth-order valence-electron chi connectivity index (χ4n) is 2.35. The molecule has 2 aromatic rings. The van der Waals surface area contributed by atoms with Gasteiger partial charge in [0.15, 0.2) is 11.5 Å². The van der Waals surface area contributed by atoms with Crippen LogP contribution >= 0.6 is 0 Å². The summed E-state index contributed by atoms with van der Waals surface area (Å²) in [6.07, 6.45) is 2.93. The third-order valence-corrected chi connectivity index (χ3v) is 3.43. The van der Waals surface area contributed by atoms with E-state index in [1.54, 1.807) is 24.3 Å². The lowest BCUT2D eigenvalue weighted by Gasteiger charge is -2.13. The number of hydrogen-bond donors (Lipinski definition) is 2. The van der Waals surface area contributed by atoms with E-state index in [1.807, 2.05) is 26.0 Å². The Hall–Kier alpha value is -3.28. The van der Waals surface area contributed by atoms with Crippen molar-refractivity contribution in [2.75, 3.05) is 18.5 Å². The van der Waals surface area contributed by atoms with Crippen molar-refractivity contribution >= 4 is 23.6 Å². The van der Waals surface area contributed by atoms with Crippen molar-refractivity contribution in [3.8, 4) is 11.5 Å². The smallest absolute Gasteiger partial charge is 0.337 e. The molecule has 6 heteroatoms. The second-order valence-electron chi connectivity index (χ2n) is 5.21. The summed E-state index contributed by atoms with van der Waals surface area (Å²) in [7, 11) is 0. The van der Waals surface area contributed by atoms with Crippen LogP contribution in [0.3, 0.4) is 0 Å². The molecule has 0 saturated carbocycles. The van der Waals surface area contributed by atoms with Crippen molar-refractivity contribution in [2.45, 2.75) is 13.8 Å². The van der Waals surface area contributed by atoms with Gasteiger partial charge in [-0.25, -0.2) is 4.79 Å². The van der Waals surface area contributed by atoms with E-state index in [-0.39, 0.29) is 11.3 Å². The van der Waals surface area contributed by atoms with Crippen LogP contribution in [0.1, 0.15) is 29.8 Å². The number of carbonyl (C=O) groups excluding carboxylic acids is 1. The molecule has 1 amide bonds. The van der Waals surface area contributed by atoms with Crippen LogP contribution in [0, 0.1) is 0 Å². The van der Waals surface area contributed by atoms with Crippen LogP contribution in [-0.4, -0.2) is 30.2 Å². The van der Waals surface area contributed by atoms with Gasteiger partial charge in [-0.1, -0.05) is 24.3 Å². The largest absolute Gasteiger partial charge is 0.490 e. The van der Waals surface area contributed by atoms with Gasteiger partial charge in [0.05, 0.1) is 24.5 Å². The monoisotopic (exact) mass is 355 g/mol. The summed E-state index contributed by atoms with van der Waals surface area (Å²) in [6.45, 7) is 4.71. The number of hydrogen-bond acceptors (Lipinski definition) is 4. The predicted octanol–water partition coefficient (Wildman–Crippen LogP) is 3.83. The molecule has 0 fully saturated rings. The van der Waals surface area contributed by atoms with Gasteiger partial charge in [-0.3, -0.25) is 4.79 Å². The predicted molar refractivity (Wildman–Crippen MR) is 99.8 cm³/mol. The highest BCUT2D eigenvalue weighted by atomic mass is 16.5. The highest BCUT2D eigenvalue weighted by molar-refractivity contribution is 6.06. The molecule has 0 heterocycles. The molecule has 0 radical (unpaired) electrons. The molecular weight excluding hydrogens is 334 g/mol. The van der Waals surface area contributed by atoms with E-state index in [0.717, 1.165) is 0 Å². The molecule has 0 aliphatic carbocycles. The quantitative estimate of drug-likeness (QED) is 0.703. The number of benzene rings is 2. The van der Waals surface area contributed by atoms with Crippen LogP contribution in [-0.2, 0) is 4.79 Å². The normalized spacial score (nSPS) is 10.5. The van der Waals surface area contributed by atoms with Crippen molar-refractivity contribution in [3.63, 3.8) is 0 Å². The Morgan fingerprint density at radius 1 is 1.04 bits per heavy atom. The van der Waals surface area contributed by atoms with Gasteiger partial charge in [-0.05, 0) is 38.1 Å². The van der Waals surface area contributed by atoms with Gasteiger partial charge in [0.2, 0.25) is 5.91 Å². The third-order valence-electron chi connectivity index (χ3n) is 3.43. The van der Waals surface area contributed by atoms with Crippen molar-refractivity contribution < 1.29 is 24.2 Å². The first-order chi connectivity index (χ1) is 12.6. The van der Waals surface area contributed by atoms with Crippen LogP contribution < -0.4 is 14.8 Å². The second kappa shape index (κ2) is 9.27. The summed E-state index contributed by atoms with van der Waals surface area (Å²) < 4.78 is 11.2. The fourth-order valence-corrected chi connectivity index (χ4v) is 2.35. The molecule has 0 spiro atoms. The number of carboxylic acid groups (broad SMARTS) is 1. The number of nitrogens with one attached hydrogen (secondary N) is 1. The van der Waals surface area contributed by atoms with Gasteiger partial charge in [0, 0.05) is 11.6 Å². The standard InChI is InChI=1S/C20H21NO5/c1-3-25-17-11-7-8-14(19(17)26-4-2)12-13-18(22)21-16-10-6-5-9-15(16)20(23)24/h5-13H,3-4H2,1-2H3,(H,21,22)(H,23,24). The minimum Gasteiger partial charge on any atom is -0.490 e. The van der Waals surface area contributed by atoms with Gasteiger partial charge < -0.3 is 19.9 Å². The van der Waals surface area contributed by atoms with E-state index in [1.165, 1.54) is 18.2 Å². The van der Waals surface area contributed by atoms with Crippen LogP contribution in [0.5, 0.6) is 11.5 Å². The molecular formula is C20H21NO5. The summed E-state index contributed by atoms with van der Waals surface area (Å²) in [5, 5.41) is 11.7. The Kier molecular flexibility index (Phi) is 6.79. The zero-order chi connectivity index (χ0) is 18.9. The minimum absolute atomic E-state index is 0.0302. The maximum atomic E-state index is 12.2. The average Bonchev–Trinajstić information content (AvgIpc) is 2.62. The highest BCUT2D eigenvalue weighted by Crippen LogP contribution is 2.32. The summed E-state index contributed by atoms with van der Waals surface area (Å²) in [4.78, 5) is 23.4. The SMILES string of the molecule is CCOc1cccc(C=CC(=O)Nc2ccccc2C(=O)O)c1OCC. The van der Waals surface area contributed by atoms with Crippen LogP contribution in [0.4, 0.5) is 5.69 Å². The van der Waals surface area contributed by atoms with Gasteiger partial charge in [-0.2, -0.15) is 0 Å². The van der Waals surface area contributed by atoms with Crippen molar-refractivity contribution in [1.29, 1.82) is 0 Å². The number of anilines is 1. The minimum atomic E-state index is -1.10. The number of ether oxygens (including phenoxy) is 2. The number of aromatic carboxylic acids is 1. The van der Waals surface area contributed by atoms with E-state index < -0.39 is 11.9 Å². The fraction of sp³-hybridized carbons (Fsp3) is 0.200. The summed E-state index contributed by atoms with van der Waals surface area (Å²) in [6, 6.07) is 11.6. The first-order valence-electron chi connectivity index (χ1n) is 8.26. The lowest BCUT2D eigenvalue weighted by molar-refractivity contribution is -0.111. The Morgan fingerprint density at radius 2 is 1.77 bits per heavy atom. The first kappa shape index (κ1) is 19.1. The van der Waals surface area contributed by atoms with Gasteiger partial charge in [0.25, 0.3) is 0 Å². The van der Waals surface area contributed by atoms with E-state index in [2.05, 4.69) is 5.32 Å². The molecule has 0 aromatic heterocycles. The maximum Gasteiger partial charge on any atom is 0.337 e. The number of rotatable bonds is 8. The zero-order valence-corrected chi connectivity index (χ0v) is 14.7. The molecule has 2 N–H and O–H groups in total. The number of para-hydroxylation sites is 2. The van der Waals surface area contributed by atoms with Crippen molar-refractivity contribution in [1.82, 2.24) is 0 Å². The molecule has 0 aliphatic heterocycles. The maximum absolute atomic E-state index is 12.2. The Morgan fingerprint density at radius 3 is 2.46 bits per heavy atom. The van der Waals surface area contributed by atoms with Gasteiger partial charge >= 0.3 is 5.97 Å². The molecule has 2 aromatic carbocycles. The molecule has 2 rings (SSSR count). The number of carboxylic acids is 1. The summed E-state index contributed by atoms with van der Waals surface area (Å²) >= 11 is 0. The highest BCUT2D eigenvalue weighted by Gasteiger charge is 2.11. The molecule has 0 atom stereocenters. The van der Waals surface area contributed by atoms with E-state index >= 15 is 0 Å². The van der Waals surface area contributed by atoms with Crippen LogP contribution in [0.2, 0.25) is 0 Å². The molecule has 0 saturated heterocycles. The topological polar surface area (TPSA) is 84.9 Å². The third kappa shape index (κ3) is 4.86. The zero-order valence-electron chi connectivity index (χ0n) is 14.7. The second-order valence-corrected chi connectivity index (χ2v) is 5.21. The molecule has 0 bridgehead atoms.